The molecule has 0 saturated heterocycles. The van der Waals surface area contributed by atoms with Crippen LogP contribution in [0.2, 0.25) is 0 Å². The van der Waals surface area contributed by atoms with Crippen molar-refractivity contribution in [2.45, 2.75) is 12.8 Å². The summed E-state index contributed by atoms with van der Waals surface area (Å²) in [5, 5.41) is 7.12. The molecule has 0 saturated carbocycles. The molecule has 0 aromatic heterocycles. The molecule has 2 nitrogen and oxygen atoms in total. The maximum atomic E-state index is 7.12. The fourth-order valence-electron chi connectivity index (χ4n) is 0.853. The SMILES string of the molecule is N=C(N)C1=CCCC(Br)=C1. The Morgan fingerprint density at radius 2 is 2.40 bits per heavy atom. The molecule has 54 valence electrons. The largest absolute Gasteiger partial charge is 0.384 e. The summed E-state index contributed by atoms with van der Waals surface area (Å²) in [6.07, 6.45) is 5.88. The van der Waals surface area contributed by atoms with Gasteiger partial charge in [0.1, 0.15) is 5.84 Å². The predicted molar refractivity (Wildman–Crippen MR) is 46.2 cm³/mol. The Bertz CT molecular complexity index is 216. The van der Waals surface area contributed by atoms with E-state index in [1.54, 1.807) is 0 Å². The minimum atomic E-state index is 0.150. The Balaban J connectivity index is 2.79. The third kappa shape index (κ3) is 1.70. The van der Waals surface area contributed by atoms with Crippen molar-refractivity contribution in [1.29, 1.82) is 5.41 Å². The molecule has 1 aliphatic rings. The van der Waals surface area contributed by atoms with Crippen molar-refractivity contribution < 1.29 is 0 Å². The van der Waals surface area contributed by atoms with E-state index in [1.165, 1.54) is 0 Å². The Labute approximate surface area is 68.4 Å². The second-order valence-electron chi connectivity index (χ2n) is 2.20. The molecule has 0 unspecified atom stereocenters. The average Bonchev–Trinajstić information content (AvgIpc) is 1.88. The van der Waals surface area contributed by atoms with Gasteiger partial charge in [-0.25, -0.2) is 0 Å². The number of hydrogen-bond acceptors (Lipinski definition) is 1. The highest BCUT2D eigenvalue weighted by Gasteiger charge is 2.03. The third-order valence-electron chi connectivity index (χ3n) is 1.37. The molecule has 0 bridgehead atoms. The summed E-state index contributed by atoms with van der Waals surface area (Å²) in [6, 6.07) is 0. The molecule has 3 heteroatoms. The number of nitrogens with one attached hydrogen (secondary N) is 1. The van der Waals surface area contributed by atoms with Gasteiger partial charge in [0.25, 0.3) is 0 Å². The Hall–Kier alpha value is -0.570. The molecule has 0 radical (unpaired) electrons. The molecule has 0 amide bonds. The number of allylic oxidation sites excluding steroid dienone is 2. The zero-order valence-corrected chi connectivity index (χ0v) is 7.11. The second kappa shape index (κ2) is 3.01. The number of nitrogens with two attached hydrogens (primary N) is 1. The van der Waals surface area contributed by atoms with Gasteiger partial charge < -0.3 is 5.73 Å². The van der Waals surface area contributed by atoms with E-state index in [4.69, 9.17) is 11.1 Å². The Morgan fingerprint density at radius 1 is 1.70 bits per heavy atom. The van der Waals surface area contributed by atoms with Crippen LogP contribution in [-0.2, 0) is 0 Å². The highest BCUT2D eigenvalue weighted by molar-refractivity contribution is 9.11. The zero-order valence-electron chi connectivity index (χ0n) is 5.52. The lowest BCUT2D eigenvalue weighted by molar-refractivity contribution is 1.02. The van der Waals surface area contributed by atoms with E-state index in [9.17, 15) is 0 Å². The first-order chi connectivity index (χ1) is 4.70. The summed E-state index contributed by atoms with van der Waals surface area (Å²) in [6.45, 7) is 0. The van der Waals surface area contributed by atoms with Crippen LogP contribution in [0, 0.1) is 5.41 Å². The van der Waals surface area contributed by atoms with Gasteiger partial charge >= 0.3 is 0 Å². The van der Waals surface area contributed by atoms with E-state index in [2.05, 4.69) is 15.9 Å². The first-order valence-electron chi connectivity index (χ1n) is 3.11. The van der Waals surface area contributed by atoms with E-state index >= 15 is 0 Å². The lowest BCUT2D eigenvalue weighted by Gasteiger charge is -2.06. The molecule has 0 heterocycles. The molecule has 10 heavy (non-hydrogen) atoms. The summed E-state index contributed by atoms with van der Waals surface area (Å²) >= 11 is 3.36. The van der Waals surface area contributed by atoms with E-state index in [0.29, 0.717) is 0 Å². The molecule has 1 aliphatic carbocycles. The summed E-state index contributed by atoms with van der Waals surface area (Å²) in [7, 11) is 0. The zero-order chi connectivity index (χ0) is 7.56. The molecule has 0 aromatic carbocycles. The Morgan fingerprint density at radius 3 is 2.80 bits per heavy atom. The lowest BCUT2D eigenvalue weighted by atomic mass is 10.1. The molecule has 0 spiro atoms. The van der Waals surface area contributed by atoms with Crippen molar-refractivity contribution in [1.82, 2.24) is 0 Å². The van der Waals surface area contributed by atoms with Crippen molar-refractivity contribution in [3.05, 3.63) is 22.2 Å². The van der Waals surface area contributed by atoms with Crippen LogP contribution in [0.15, 0.2) is 22.2 Å². The molecule has 0 aliphatic heterocycles. The molecule has 0 atom stereocenters. The van der Waals surface area contributed by atoms with Crippen molar-refractivity contribution in [3.8, 4) is 0 Å². The van der Waals surface area contributed by atoms with Crippen LogP contribution in [0.1, 0.15) is 12.8 Å². The first-order valence-corrected chi connectivity index (χ1v) is 3.90. The lowest BCUT2D eigenvalue weighted by Crippen LogP contribution is -2.12. The topological polar surface area (TPSA) is 49.9 Å². The van der Waals surface area contributed by atoms with Crippen LogP contribution in [0.5, 0.6) is 0 Å². The Kier molecular flexibility index (Phi) is 2.27. The third-order valence-corrected chi connectivity index (χ3v) is 2.00. The minimum absolute atomic E-state index is 0.150. The monoisotopic (exact) mass is 200 g/mol. The molecular formula is C7H9BrN2. The van der Waals surface area contributed by atoms with E-state index in [1.807, 2.05) is 12.2 Å². The van der Waals surface area contributed by atoms with Crippen molar-refractivity contribution >= 4 is 21.8 Å². The molecular weight excluding hydrogens is 192 g/mol. The minimum Gasteiger partial charge on any atom is -0.384 e. The van der Waals surface area contributed by atoms with Gasteiger partial charge in [0.15, 0.2) is 0 Å². The molecule has 0 aromatic rings. The number of halogens is 1. The molecule has 1 rings (SSSR count). The first kappa shape index (κ1) is 7.54. The maximum Gasteiger partial charge on any atom is 0.122 e. The van der Waals surface area contributed by atoms with Crippen molar-refractivity contribution in [3.63, 3.8) is 0 Å². The van der Waals surface area contributed by atoms with Gasteiger partial charge in [0, 0.05) is 5.57 Å². The van der Waals surface area contributed by atoms with Crippen molar-refractivity contribution in [2.24, 2.45) is 5.73 Å². The van der Waals surface area contributed by atoms with Crippen LogP contribution in [0.3, 0.4) is 0 Å². The number of hydrogen-bond donors (Lipinski definition) is 2. The summed E-state index contributed by atoms with van der Waals surface area (Å²) < 4.78 is 1.13. The van der Waals surface area contributed by atoms with Gasteiger partial charge in [0.2, 0.25) is 0 Å². The highest BCUT2D eigenvalue weighted by Crippen LogP contribution is 2.21. The second-order valence-corrected chi connectivity index (χ2v) is 3.22. The van der Waals surface area contributed by atoms with Crippen LogP contribution < -0.4 is 5.73 Å². The van der Waals surface area contributed by atoms with E-state index in [-0.39, 0.29) is 5.84 Å². The fraction of sp³-hybridized carbons (Fsp3) is 0.286. The standard InChI is InChI=1S/C7H9BrN2/c8-6-3-1-2-5(4-6)7(9)10/h2,4H,1,3H2,(H3,9,10). The smallest absolute Gasteiger partial charge is 0.122 e. The predicted octanol–water partition coefficient (Wildman–Crippen LogP) is 1.92. The highest BCUT2D eigenvalue weighted by atomic mass is 79.9. The van der Waals surface area contributed by atoms with Crippen LogP contribution >= 0.6 is 15.9 Å². The number of amidine groups is 1. The van der Waals surface area contributed by atoms with Crippen LogP contribution in [0.4, 0.5) is 0 Å². The molecule has 3 N–H and O–H groups in total. The van der Waals surface area contributed by atoms with Gasteiger partial charge in [-0.2, -0.15) is 0 Å². The average molecular weight is 201 g/mol. The maximum absolute atomic E-state index is 7.12. The quantitative estimate of drug-likeness (QED) is 0.494. The summed E-state index contributed by atoms with van der Waals surface area (Å²) in [5.41, 5.74) is 6.11. The van der Waals surface area contributed by atoms with Gasteiger partial charge in [-0.05, 0) is 23.4 Å². The van der Waals surface area contributed by atoms with Gasteiger partial charge in [-0.3, -0.25) is 5.41 Å². The van der Waals surface area contributed by atoms with Crippen LogP contribution in [-0.4, -0.2) is 5.84 Å². The van der Waals surface area contributed by atoms with E-state index < -0.39 is 0 Å². The summed E-state index contributed by atoms with van der Waals surface area (Å²) in [5.74, 6) is 0.150. The van der Waals surface area contributed by atoms with Gasteiger partial charge in [-0.15, -0.1) is 0 Å². The van der Waals surface area contributed by atoms with Crippen LogP contribution in [0.25, 0.3) is 0 Å². The number of rotatable bonds is 1. The van der Waals surface area contributed by atoms with Gasteiger partial charge in [-0.1, -0.05) is 22.0 Å². The van der Waals surface area contributed by atoms with Gasteiger partial charge in [0.05, 0.1) is 0 Å². The summed E-state index contributed by atoms with van der Waals surface area (Å²) in [4.78, 5) is 0. The van der Waals surface area contributed by atoms with E-state index in [0.717, 1.165) is 22.9 Å². The fourth-order valence-corrected chi connectivity index (χ4v) is 1.33. The molecule has 0 fully saturated rings. The normalized spacial score (nSPS) is 17.7. The van der Waals surface area contributed by atoms with Crippen molar-refractivity contribution in [2.75, 3.05) is 0 Å².